The van der Waals surface area contributed by atoms with Gasteiger partial charge < -0.3 is 14.0 Å². The number of pyridine rings is 1. The van der Waals surface area contributed by atoms with Crippen molar-refractivity contribution in [3.63, 3.8) is 0 Å². The third-order valence-electron chi connectivity index (χ3n) is 5.13. The fraction of sp³-hybridized carbons (Fsp3) is 0.391. The molecule has 3 aromatic rings. The Hall–Kier alpha value is -2.82. The largest absolute Gasteiger partial charge is 0.462 e. The van der Waals surface area contributed by atoms with Crippen molar-refractivity contribution in [1.29, 1.82) is 0 Å². The first-order valence-corrected chi connectivity index (χ1v) is 9.85. The van der Waals surface area contributed by atoms with Gasteiger partial charge in [0.05, 0.1) is 23.2 Å². The molecule has 1 unspecified atom stereocenters. The van der Waals surface area contributed by atoms with Gasteiger partial charge in [-0.3, -0.25) is 4.79 Å². The first-order chi connectivity index (χ1) is 13.4. The molecule has 2 heterocycles. The number of fused-ring (bicyclic) bond motifs is 3. The number of amides is 1. The van der Waals surface area contributed by atoms with Crippen molar-refractivity contribution in [2.45, 2.75) is 33.1 Å². The molecular weight excluding hydrogens is 352 g/mol. The predicted octanol–water partition coefficient (Wildman–Crippen LogP) is 4.78. The van der Waals surface area contributed by atoms with Crippen molar-refractivity contribution in [2.75, 3.05) is 20.7 Å². The van der Waals surface area contributed by atoms with Crippen molar-refractivity contribution in [1.82, 2.24) is 9.30 Å². The second kappa shape index (κ2) is 8.46. The SMILES string of the molecule is CCCC(C)CCOC(=O)c1c2ccc(C(=O)N(C)C)cc2n2ccccc12. The molecule has 0 saturated heterocycles. The first kappa shape index (κ1) is 19.9. The normalized spacial score (nSPS) is 12.3. The van der Waals surface area contributed by atoms with Crippen LogP contribution in [-0.2, 0) is 4.74 Å². The molecule has 148 valence electrons. The van der Waals surface area contributed by atoms with Gasteiger partial charge in [0.2, 0.25) is 0 Å². The summed E-state index contributed by atoms with van der Waals surface area (Å²) in [5, 5.41) is 0.799. The van der Waals surface area contributed by atoms with E-state index in [0.29, 0.717) is 23.7 Å². The average molecular weight is 380 g/mol. The lowest BCUT2D eigenvalue weighted by molar-refractivity contribution is 0.0488. The molecule has 0 bridgehead atoms. The number of hydrogen-bond acceptors (Lipinski definition) is 3. The Morgan fingerprint density at radius 2 is 1.89 bits per heavy atom. The zero-order valence-corrected chi connectivity index (χ0v) is 17.1. The molecule has 0 fully saturated rings. The van der Waals surface area contributed by atoms with Gasteiger partial charge in [-0.05, 0) is 36.6 Å². The van der Waals surface area contributed by atoms with Crippen molar-refractivity contribution in [2.24, 2.45) is 5.92 Å². The third kappa shape index (κ3) is 3.88. The summed E-state index contributed by atoms with van der Waals surface area (Å²) in [6.07, 6.45) is 5.04. The molecule has 0 saturated carbocycles. The van der Waals surface area contributed by atoms with Crippen molar-refractivity contribution >= 4 is 28.3 Å². The quantitative estimate of drug-likeness (QED) is 0.555. The van der Waals surface area contributed by atoms with E-state index in [0.717, 1.165) is 35.7 Å². The Morgan fingerprint density at radius 1 is 1.11 bits per heavy atom. The molecule has 2 aromatic heterocycles. The molecule has 1 amide bonds. The van der Waals surface area contributed by atoms with Crippen LogP contribution in [0, 0.1) is 5.92 Å². The highest BCUT2D eigenvalue weighted by atomic mass is 16.5. The van der Waals surface area contributed by atoms with Gasteiger partial charge in [0.15, 0.2) is 0 Å². The zero-order chi connectivity index (χ0) is 20.3. The van der Waals surface area contributed by atoms with Crippen LogP contribution in [0.15, 0.2) is 42.6 Å². The van der Waals surface area contributed by atoms with Gasteiger partial charge in [-0.15, -0.1) is 0 Å². The second-order valence-corrected chi connectivity index (χ2v) is 7.58. The lowest BCUT2D eigenvalue weighted by Gasteiger charge is -2.11. The summed E-state index contributed by atoms with van der Waals surface area (Å²) < 4.78 is 7.55. The monoisotopic (exact) mass is 380 g/mol. The highest BCUT2D eigenvalue weighted by Crippen LogP contribution is 2.28. The molecule has 28 heavy (non-hydrogen) atoms. The average Bonchev–Trinajstić information content (AvgIpc) is 3.01. The van der Waals surface area contributed by atoms with Crippen molar-refractivity contribution in [3.8, 4) is 0 Å². The van der Waals surface area contributed by atoms with E-state index in [9.17, 15) is 9.59 Å². The van der Waals surface area contributed by atoms with Gasteiger partial charge in [-0.25, -0.2) is 4.79 Å². The van der Waals surface area contributed by atoms with Crippen LogP contribution in [0.2, 0.25) is 0 Å². The van der Waals surface area contributed by atoms with Crippen molar-refractivity contribution < 1.29 is 14.3 Å². The highest BCUT2D eigenvalue weighted by Gasteiger charge is 2.21. The van der Waals surface area contributed by atoms with Crippen LogP contribution in [0.1, 0.15) is 53.8 Å². The van der Waals surface area contributed by atoms with Crippen molar-refractivity contribution in [3.05, 3.63) is 53.7 Å². The number of rotatable bonds is 7. The van der Waals surface area contributed by atoms with Crippen LogP contribution >= 0.6 is 0 Å². The minimum absolute atomic E-state index is 0.0678. The molecule has 5 nitrogen and oxygen atoms in total. The van der Waals surface area contributed by atoms with Crippen LogP contribution in [0.5, 0.6) is 0 Å². The number of nitrogens with zero attached hydrogens (tertiary/aromatic N) is 2. The van der Waals surface area contributed by atoms with E-state index in [1.807, 2.05) is 40.9 Å². The fourth-order valence-electron chi connectivity index (χ4n) is 3.61. The number of hydrogen-bond donors (Lipinski definition) is 0. The number of aromatic nitrogens is 1. The molecule has 0 aliphatic heterocycles. The summed E-state index contributed by atoms with van der Waals surface area (Å²) in [7, 11) is 3.45. The number of carbonyl (C=O) groups is 2. The summed E-state index contributed by atoms with van der Waals surface area (Å²) in [4.78, 5) is 26.8. The molecule has 1 atom stereocenters. The molecule has 5 heteroatoms. The van der Waals surface area contributed by atoms with Gasteiger partial charge in [0.1, 0.15) is 0 Å². The Bertz CT molecular complexity index is 1000. The smallest absolute Gasteiger partial charge is 0.340 e. The maximum atomic E-state index is 12.9. The summed E-state index contributed by atoms with van der Waals surface area (Å²) in [6, 6.07) is 11.2. The summed E-state index contributed by atoms with van der Waals surface area (Å²) >= 11 is 0. The van der Waals surface area contributed by atoms with Crippen LogP contribution in [-0.4, -0.2) is 41.9 Å². The number of esters is 1. The number of ether oxygens (including phenoxy) is 1. The van der Waals surface area contributed by atoms with Gasteiger partial charge >= 0.3 is 5.97 Å². The fourth-order valence-corrected chi connectivity index (χ4v) is 3.61. The predicted molar refractivity (Wildman–Crippen MR) is 112 cm³/mol. The van der Waals surface area contributed by atoms with Crippen LogP contribution in [0.4, 0.5) is 0 Å². The minimum atomic E-state index is -0.311. The maximum Gasteiger partial charge on any atom is 0.340 e. The molecule has 0 radical (unpaired) electrons. The number of benzene rings is 1. The maximum absolute atomic E-state index is 12.9. The Morgan fingerprint density at radius 3 is 2.61 bits per heavy atom. The molecule has 0 aliphatic carbocycles. The summed E-state index contributed by atoms with van der Waals surface area (Å²) in [6.45, 7) is 4.77. The van der Waals surface area contributed by atoms with Crippen LogP contribution < -0.4 is 0 Å². The Balaban J connectivity index is 1.97. The zero-order valence-electron chi connectivity index (χ0n) is 17.1. The van der Waals surface area contributed by atoms with Gasteiger partial charge in [-0.2, -0.15) is 0 Å². The van der Waals surface area contributed by atoms with E-state index in [2.05, 4.69) is 13.8 Å². The Kier molecular flexibility index (Phi) is 6.02. The number of carbonyl (C=O) groups excluding carboxylic acids is 2. The highest BCUT2D eigenvalue weighted by molar-refractivity contribution is 6.12. The van der Waals surface area contributed by atoms with Crippen LogP contribution in [0.3, 0.4) is 0 Å². The van der Waals surface area contributed by atoms with E-state index in [1.54, 1.807) is 25.1 Å². The standard InChI is InChI=1S/C23H28N2O3/c1-5-8-16(2)12-14-28-23(27)21-18-11-10-17(22(26)24(3)4)15-20(18)25-13-7-6-9-19(21)25/h6-7,9-11,13,15-16H,5,8,12,14H2,1-4H3. The van der Waals surface area contributed by atoms with E-state index in [-0.39, 0.29) is 11.9 Å². The molecule has 0 N–H and O–H groups in total. The molecule has 3 rings (SSSR count). The molecular formula is C23H28N2O3. The molecule has 0 aliphatic rings. The van der Waals surface area contributed by atoms with E-state index < -0.39 is 0 Å². The van der Waals surface area contributed by atoms with Gasteiger partial charge in [0.25, 0.3) is 5.91 Å². The molecule has 1 aromatic carbocycles. The van der Waals surface area contributed by atoms with E-state index in [4.69, 9.17) is 4.74 Å². The summed E-state index contributed by atoms with van der Waals surface area (Å²) in [5.41, 5.74) is 2.77. The minimum Gasteiger partial charge on any atom is -0.462 e. The lowest BCUT2D eigenvalue weighted by Crippen LogP contribution is -2.21. The van der Waals surface area contributed by atoms with Crippen LogP contribution in [0.25, 0.3) is 16.4 Å². The lowest BCUT2D eigenvalue weighted by atomic mass is 10.0. The summed E-state index contributed by atoms with van der Waals surface area (Å²) in [5.74, 6) is 0.163. The van der Waals surface area contributed by atoms with Gasteiger partial charge in [0, 0.05) is 31.2 Å². The topological polar surface area (TPSA) is 51.0 Å². The van der Waals surface area contributed by atoms with E-state index >= 15 is 0 Å². The van der Waals surface area contributed by atoms with E-state index in [1.165, 1.54) is 0 Å². The first-order valence-electron chi connectivity index (χ1n) is 9.85. The second-order valence-electron chi connectivity index (χ2n) is 7.58. The third-order valence-corrected chi connectivity index (χ3v) is 5.13. The molecule has 0 spiro atoms. The Labute approximate surface area is 165 Å². The van der Waals surface area contributed by atoms with Gasteiger partial charge in [-0.1, -0.05) is 38.8 Å².